The molecule has 2 nitrogen and oxygen atoms in total. The van der Waals surface area contributed by atoms with Crippen molar-refractivity contribution in [3.63, 3.8) is 0 Å². The highest BCUT2D eigenvalue weighted by atomic mass is 14.9. The van der Waals surface area contributed by atoms with Crippen LogP contribution >= 0.6 is 0 Å². The molecule has 0 aliphatic heterocycles. The molecule has 0 saturated heterocycles. The van der Waals surface area contributed by atoms with Gasteiger partial charge in [0.05, 0.1) is 0 Å². The Morgan fingerprint density at radius 2 is 2.00 bits per heavy atom. The normalized spacial score (nSPS) is 13.9. The number of nitrogens with one attached hydrogen (secondary N) is 1. The van der Waals surface area contributed by atoms with Crippen molar-refractivity contribution in [2.75, 3.05) is 5.32 Å². The van der Waals surface area contributed by atoms with Gasteiger partial charge < -0.3 is 5.32 Å². The van der Waals surface area contributed by atoms with Crippen molar-refractivity contribution in [3.8, 4) is 0 Å². The number of hydrogen-bond acceptors (Lipinski definition) is 2. The van der Waals surface area contributed by atoms with E-state index in [1.165, 1.54) is 48.1 Å². The third-order valence-corrected chi connectivity index (χ3v) is 3.85. The third kappa shape index (κ3) is 2.78. The van der Waals surface area contributed by atoms with Crippen molar-refractivity contribution in [3.05, 3.63) is 58.9 Å². The van der Waals surface area contributed by atoms with Gasteiger partial charge in [-0.25, -0.2) is 0 Å². The Morgan fingerprint density at radius 3 is 2.84 bits per heavy atom. The van der Waals surface area contributed by atoms with Crippen LogP contribution in [0, 0.1) is 6.92 Å². The molecule has 0 saturated carbocycles. The van der Waals surface area contributed by atoms with Gasteiger partial charge >= 0.3 is 0 Å². The molecule has 98 valence electrons. The van der Waals surface area contributed by atoms with Gasteiger partial charge in [0, 0.05) is 24.1 Å². The average Bonchev–Trinajstić information content (AvgIpc) is 2.47. The van der Waals surface area contributed by atoms with Crippen LogP contribution in [0.3, 0.4) is 0 Å². The smallest absolute Gasteiger partial charge is 0.0416 e. The molecule has 0 fully saturated rings. The minimum Gasteiger partial charge on any atom is -0.381 e. The Kier molecular flexibility index (Phi) is 3.49. The van der Waals surface area contributed by atoms with E-state index in [1.54, 1.807) is 0 Å². The molecule has 19 heavy (non-hydrogen) atoms. The number of nitrogens with zero attached hydrogens (tertiary/aromatic N) is 1. The minimum atomic E-state index is 0.851. The van der Waals surface area contributed by atoms with Gasteiger partial charge in [0.1, 0.15) is 0 Å². The first-order chi connectivity index (χ1) is 9.33. The molecule has 0 bridgehead atoms. The van der Waals surface area contributed by atoms with Crippen LogP contribution in [0.4, 0.5) is 5.69 Å². The molecule has 1 aromatic heterocycles. The molecule has 1 aromatic carbocycles. The average molecular weight is 252 g/mol. The van der Waals surface area contributed by atoms with Crippen molar-refractivity contribution >= 4 is 5.69 Å². The number of fused-ring (bicyclic) bond motifs is 1. The first-order valence-electron chi connectivity index (χ1n) is 7.09. The monoisotopic (exact) mass is 252 g/mol. The number of anilines is 1. The molecule has 2 heteroatoms. The van der Waals surface area contributed by atoms with Crippen LogP contribution in [-0.4, -0.2) is 4.98 Å². The molecule has 0 radical (unpaired) electrons. The summed E-state index contributed by atoms with van der Waals surface area (Å²) in [6, 6.07) is 10.8. The van der Waals surface area contributed by atoms with Gasteiger partial charge in [-0.15, -0.1) is 0 Å². The lowest BCUT2D eigenvalue weighted by molar-refractivity contribution is 0.686. The molecule has 1 heterocycles. The van der Waals surface area contributed by atoms with Crippen LogP contribution < -0.4 is 5.32 Å². The SMILES string of the molecule is Cc1ccc(CNc2cccc3c2CCCC3)cn1. The molecular weight excluding hydrogens is 232 g/mol. The summed E-state index contributed by atoms with van der Waals surface area (Å²) in [4.78, 5) is 4.34. The standard InChI is InChI=1S/C17H20N2/c1-13-9-10-14(11-18-13)12-19-17-8-4-6-15-5-2-3-7-16(15)17/h4,6,8-11,19H,2-3,5,7,12H2,1H3. The summed E-state index contributed by atoms with van der Waals surface area (Å²) < 4.78 is 0. The zero-order chi connectivity index (χ0) is 13.1. The van der Waals surface area contributed by atoms with Crippen LogP contribution in [0.5, 0.6) is 0 Å². The van der Waals surface area contributed by atoms with Crippen LogP contribution in [-0.2, 0) is 19.4 Å². The molecule has 0 unspecified atom stereocenters. The lowest BCUT2D eigenvalue weighted by Crippen LogP contribution is -2.08. The van der Waals surface area contributed by atoms with E-state index >= 15 is 0 Å². The topological polar surface area (TPSA) is 24.9 Å². The largest absolute Gasteiger partial charge is 0.381 e. The Morgan fingerprint density at radius 1 is 1.11 bits per heavy atom. The second-order valence-corrected chi connectivity index (χ2v) is 5.31. The fraction of sp³-hybridized carbons (Fsp3) is 0.353. The number of benzene rings is 1. The van der Waals surface area contributed by atoms with E-state index in [0.29, 0.717) is 0 Å². The van der Waals surface area contributed by atoms with E-state index in [-0.39, 0.29) is 0 Å². The number of hydrogen-bond donors (Lipinski definition) is 1. The zero-order valence-electron chi connectivity index (χ0n) is 11.4. The third-order valence-electron chi connectivity index (χ3n) is 3.85. The molecule has 0 atom stereocenters. The van der Waals surface area contributed by atoms with Gasteiger partial charge in [-0.05, 0) is 61.4 Å². The highest BCUT2D eigenvalue weighted by Crippen LogP contribution is 2.28. The number of aryl methyl sites for hydroxylation is 2. The number of aromatic nitrogens is 1. The Labute approximate surface area is 114 Å². The van der Waals surface area contributed by atoms with Crippen molar-refractivity contribution in [2.24, 2.45) is 0 Å². The van der Waals surface area contributed by atoms with Crippen molar-refractivity contribution < 1.29 is 0 Å². The predicted octanol–water partition coefficient (Wildman–Crippen LogP) is 3.88. The van der Waals surface area contributed by atoms with E-state index < -0.39 is 0 Å². The maximum absolute atomic E-state index is 4.34. The van der Waals surface area contributed by atoms with Gasteiger partial charge in [0.25, 0.3) is 0 Å². The second-order valence-electron chi connectivity index (χ2n) is 5.31. The summed E-state index contributed by atoms with van der Waals surface area (Å²) >= 11 is 0. The fourth-order valence-electron chi connectivity index (χ4n) is 2.75. The van der Waals surface area contributed by atoms with Gasteiger partial charge in [0.2, 0.25) is 0 Å². The molecular formula is C17H20N2. The summed E-state index contributed by atoms with van der Waals surface area (Å²) in [6.07, 6.45) is 7.05. The van der Waals surface area contributed by atoms with Crippen LogP contribution in [0.15, 0.2) is 36.5 Å². The van der Waals surface area contributed by atoms with Crippen molar-refractivity contribution in [1.82, 2.24) is 4.98 Å². The number of rotatable bonds is 3. The van der Waals surface area contributed by atoms with Crippen molar-refractivity contribution in [2.45, 2.75) is 39.2 Å². The highest BCUT2D eigenvalue weighted by Gasteiger charge is 2.12. The van der Waals surface area contributed by atoms with E-state index in [4.69, 9.17) is 0 Å². The fourth-order valence-corrected chi connectivity index (χ4v) is 2.75. The lowest BCUT2D eigenvalue weighted by atomic mass is 9.90. The van der Waals surface area contributed by atoms with Crippen LogP contribution in [0.25, 0.3) is 0 Å². The van der Waals surface area contributed by atoms with E-state index in [1.807, 2.05) is 13.1 Å². The van der Waals surface area contributed by atoms with Gasteiger partial charge in [0.15, 0.2) is 0 Å². The summed E-state index contributed by atoms with van der Waals surface area (Å²) in [5.41, 5.74) is 6.66. The molecule has 3 rings (SSSR count). The Bertz CT molecular complexity index is 558. The first kappa shape index (κ1) is 12.2. The van der Waals surface area contributed by atoms with Crippen molar-refractivity contribution in [1.29, 1.82) is 0 Å². The van der Waals surface area contributed by atoms with Gasteiger partial charge in [-0.3, -0.25) is 4.98 Å². The molecule has 0 spiro atoms. The lowest BCUT2D eigenvalue weighted by Gasteiger charge is -2.20. The van der Waals surface area contributed by atoms with E-state index in [0.717, 1.165) is 12.2 Å². The first-order valence-corrected chi connectivity index (χ1v) is 7.09. The van der Waals surface area contributed by atoms with Gasteiger partial charge in [-0.2, -0.15) is 0 Å². The molecule has 0 amide bonds. The maximum atomic E-state index is 4.34. The van der Waals surface area contributed by atoms with E-state index in [2.05, 4.69) is 40.6 Å². The number of pyridine rings is 1. The second kappa shape index (κ2) is 5.43. The molecule has 1 aliphatic rings. The van der Waals surface area contributed by atoms with E-state index in [9.17, 15) is 0 Å². The summed E-state index contributed by atoms with van der Waals surface area (Å²) in [5.74, 6) is 0. The predicted molar refractivity (Wildman–Crippen MR) is 79.4 cm³/mol. The maximum Gasteiger partial charge on any atom is 0.0416 e. The summed E-state index contributed by atoms with van der Waals surface area (Å²) in [6.45, 7) is 2.87. The van der Waals surface area contributed by atoms with Crippen LogP contribution in [0.2, 0.25) is 0 Å². The Balaban J connectivity index is 1.75. The zero-order valence-corrected chi connectivity index (χ0v) is 11.4. The Hall–Kier alpha value is -1.83. The highest BCUT2D eigenvalue weighted by molar-refractivity contribution is 5.55. The molecule has 2 aromatic rings. The quantitative estimate of drug-likeness (QED) is 0.896. The molecule has 1 N–H and O–H groups in total. The minimum absolute atomic E-state index is 0.851. The van der Waals surface area contributed by atoms with Crippen LogP contribution in [0.1, 0.15) is 35.2 Å². The summed E-state index contributed by atoms with van der Waals surface area (Å²) in [5, 5.41) is 3.57. The summed E-state index contributed by atoms with van der Waals surface area (Å²) in [7, 11) is 0. The molecule has 1 aliphatic carbocycles. The van der Waals surface area contributed by atoms with Gasteiger partial charge in [-0.1, -0.05) is 18.2 Å².